The molecule has 2 fully saturated rings. The van der Waals surface area contributed by atoms with Crippen molar-refractivity contribution in [1.29, 1.82) is 0 Å². The largest absolute Gasteiger partial charge is 0.309 e. The van der Waals surface area contributed by atoms with E-state index < -0.39 is 17.5 Å². The van der Waals surface area contributed by atoms with Crippen molar-refractivity contribution >= 4 is 0 Å². The third-order valence-corrected chi connectivity index (χ3v) is 5.42. The van der Waals surface area contributed by atoms with E-state index in [0.29, 0.717) is 11.6 Å². The lowest BCUT2D eigenvalue weighted by Gasteiger charge is -2.35. The van der Waals surface area contributed by atoms with E-state index in [9.17, 15) is 13.2 Å². The van der Waals surface area contributed by atoms with E-state index in [2.05, 4.69) is 22.2 Å². The Labute approximate surface area is 141 Å². The molecule has 0 spiro atoms. The van der Waals surface area contributed by atoms with Gasteiger partial charge in [-0.05, 0) is 63.6 Å². The van der Waals surface area contributed by atoms with Crippen molar-refractivity contribution in [3.05, 3.63) is 35.1 Å². The molecule has 0 aromatic heterocycles. The topological polar surface area (TPSA) is 18.5 Å². The predicted octanol–water partition coefficient (Wildman–Crippen LogP) is 2.92. The summed E-state index contributed by atoms with van der Waals surface area (Å²) in [5.74, 6) is -3.60. The highest BCUT2D eigenvalue weighted by Gasteiger charge is 2.36. The molecule has 2 heterocycles. The number of likely N-dealkylation sites (tertiary alicyclic amines) is 2. The number of likely N-dealkylation sites (N-methyl/N-ethyl adjacent to an activating group) is 1. The molecule has 3 nitrogen and oxygen atoms in total. The molecular weight excluding hydrogens is 315 g/mol. The number of hydrogen-bond donors (Lipinski definition) is 1. The average molecular weight is 341 g/mol. The fourth-order valence-corrected chi connectivity index (χ4v) is 4.05. The van der Waals surface area contributed by atoms with Crippen LogP contribution >= 0.6 is 0 Å². The maximum absolute atomic E-state index is 13.7. The fraction of sp³-hybridized carbons (Fsp3) is 0.667. The molecule has 0 amide bonds. The van der Waals surface area contributed by atoms with E-state index in [-0.39, 0.29) is 12.1 Å². The van der Waals surface area contributed by atoms with E-state index in [1.54, 1.807) is 0 Å². The van der Waals surface area contributed by atoms with Gasteiger partial charge >= 0.3 is 0 Å². The molecule has 0 aliphatic carbocycles. The summed E-state index contributed by atoms with van der Waals surface area (Å²) < 4.78 is 40.7. The van der Waals surface area contributed by atoms with E-state index in [4.69, 9.17) is 0 Å². The number of piperidine rings is 1. The average Bonchev–Trinajstić information content (AvgIpc) is 2.97. The Morgan fingerprint density at radius 2 is 1.67 bits per heavy atom. The molecule has 0 radical (unpaired) electrons. The van der Waals surface area contributed by atoms with Gasteiger partial charge < -0.3 is 10.2 Å². The van der Waals surface area contributed by atoms with E-state index in [0.717, 1.165) is 57.6 Å². The van der Waals surface area contributed by atoms with Crippen LogP contribution in [0.4, 0.5) is 13.2 Å². The van der Waals surface area contributed by atoms with Crippen molar-refractivity contribution in [3.63, 3.8) is 0 Å². The molecule has 1 aromatic rings. The lowest BCUT2D eigenvalue weighted by Crippen LogP contribution is -2.47. The van der Waals surface area contributed by atoms with Crippen LogP contribution in [-0.4, -0.2) is 55.1 Å². The van der Waals surface area contributed by atoms with Gasteiger partial charge in [0, 0.05) is 18.6 Å². The zero-order valence-electron chi connectivity index (χ0n) is 14.4. The van der Waals surface area contributed by atoms with E-state index in [1.165, 1.54) is 0 Å². The van der Waals surface area contributed by atoms with Gasteiger partial charge in [0.05, 0.1) is 6.04 Å². The summed E-state index contributed by atoms with van der Waals surface area (Å²) in [7, 11) is 2.12. The monoisotopic (exact) mass is 341 g/mol. The SMILES string of the molecule is CCN1CCC(NC2CCN(C)CC2)C1c1cc(F)c(F)c(F)c1. The van der Waals surface area contributed by atoms with Gasteiger partial charge in [-0.1, -0.05) is 6.92 Å². The third kappa shape index (κ3) is 3.60. The molecular formula is C18H26F3N3. The molecule has 0 bridgehead atoms. The summed E-state index contributed by atoms with van der Waals surface area (Å²) in [6.07, 6.45) is 3.10. The van der Waals surface area contributed by atoms with Crippen LogP contribution in [0.1, 0.15) is 37.8 Å². The Morgan fingerprint density at radius 3 is 2.25 bits per heavy atom. The van der Waals surface area contributed by atoms with Crippen molar-refractivity contribution in [2.45, 2.75) is 44.3 Å². The Hall–Kier alpha value is -1.11. The third-order valence-electron chi connectivity index (χ3n) is 5.42. The Morgan fingerprint density at radius 1 is 1.04 bits per heavy atom. The van der Waals surface area contributed by atoms with Crippen molar-refractivity contribution in [3.8, 4) is 0 Å². The van der Waals surface area contributed by atoms with Gasteiger partial charge in [-0.3, -0.25) is 4.90 Å². The van der Waals surface area contributed by atoms with Gasteiger partial charge in [0.25, 0.3) is 0 Å². The maximum atomic E-state index is 13.7. The second-order valence-electron chi connectivity index (χ2n) is 7.01. The van der Waals surface area contributed by atoms with E-state index in [1.807, 2.05) is 6.92 Å². The van der Waals surface area contributed by atoms with Crippen LogP contribution in [0.5, 0.6) is 0 Å². The van der Waals surface area contributed by atoms with Gasteiger partial charge in [-0.2, -0.15) is 0 Å². The summed E-state index contributed by atoms with van der Waals surface area (Å²) in [5.41, 5.74) is 0.524. The zero-order chi connectivity index (χ0) is 17.3. The first kappa shape index (κ1) is 17.7. The summed E-state index contributed by atoms with van der Waals surface area (Å²) in [6, 6.07) is 2.77. The quantitative estimate of drug-likeness (QED) is 0.850. The molecule has 0 saturated carbocycles. The van der Waals surface area contributed by atoms with Crippen LogP contribution in [0.25, 0.3) is 0 Å². The van der Waals surface area contributed by atoms with Crippen molar-refractivity contribution in [2.75, 3.05) is 33.2 Å². The number of rotatable bonds is 4. The normalized spacial score (nSPS) is 27.0. The lowest BCUT2D eigenvalue weighted by molar-refractivity contribution is 0.200. The molecule has 2 saturated heterocycles. The molecule has 1 N–H and O–H groups in total. The van der Waals surface area contributed by atoms with Gasteiger partial charge in [0.1, 0.15) is 0 Å². The smallest absolute Gasteiger partial charge is 0.194 e. The van der Waals surface area contributed by atoms with Crippen LogP contribution in [0.15, 0.2) is 12.1 Å². The van der Waals surface area contributed by atoms with E-state index >= 15 is 0 Å². The molecule has 134 valence electrons. The number of benzene rings is 1. The molecule has 3 rings (SSSR count). The first-order valence-electron chi connectivity index (χ1n) is 8.82. The predicted molar refractivity (Wildman–Crippen MR) is 88.4 cm³/mol. The summed E-state index contributed by atoms with van der Waals surface area (Å²) >= 11 is 0. The van der Waals surface area contributed by atoms with Crippen molar-refractivity contribution < 1.29 is 13.2 Å². The molecule has 2 aliphatic heterocycles. The summed E-state index contributed by atoms with van der Waals surface area (Å²) in [6.45, 7) is 5.85. The zero-order valence-corrected chi connectivity index (χ0v) is 14.4. The highest BCUT2D eigenvalue weighted by molar-refractivity contribution is 5.25. The van der Waals surface area contributed by atoms with Gasteiger partial charge in [-0.25, -0.2) is 13.2 Å². The second kappa shape index (κ2) is 7.42. The second-order valence-corrected chi connectivity index (χ2v) is 7.01. The van der Waals surface area contributed by atoms with Crippen LogP contribution < -0.4 is 5.32 Å². The first-order valence-corrected chi connectivity index (χ1v) is 8.82. The number of nitrogens with zero attached hydrogens (tertiary/aromatic N) is 2. The minimum Gasteiger partial charge on any atom is -0.309 e. The van der Waals surface area contributed by atoms with Gasteiger partial charge in [0.2, 0.25) is 0 Å². The van der Waals surface area contributed by atoms with Gasteiger partial charge in [-0.15, -0.1) is 0 Å². The maximum Gasteiger partial charge on any atom is 0.194 e. The van der Waals surface area contributed by atoms with Gasteiger partial charge in [0.15, 0.2) is 17.5 Å². The van der Waals surface area contributed by atoms with Crippen LogP contribution in [0, 0.1) is 17.5 Å². The highest BCUT2D eigenvalue weighted by atomic mass is 19.2. The molecule has 2 atom stereocenters. The summed E-state index contributed by atoms with van der Waals surface area (Å²) in [4.78, 5) is 4.52. The first-order chi connectivity index (χ1) is 11.5. The minimum atomic E-state index is -1.39. The Bertz CT molecular complexity index is 550. The van der Waals surface area contributed by atoms with Crippen LogP contribution in [-0.2, 0) is 0 Å². The summed E-state index contributed by atoms with van der Waals surface area (Å²) in [5, 5.41) is 3.70. The minimum absolute atomic E-state index is 0.112. The lowest BCUT2D eigenvalue weighted by atomic mass is 9.96. The Balaban J connectivity index is 1.79. The van der Waals surface area contributed by atoms with Crippen molar-refractivity contribution in [1.82, 2.24) is 15.1 Å². The number of nitrogens with one attached hydrogen (secondary N) is 1. The molecule has 24 heavy (non-hydrogen) atoms. The van der Waals surface area contributed by atoms with Crippen molar-refractivity contribution in [2.24, 2.45) is 0 Å². The Kier molecular flexibility index (Phi) is 5.47. The highest BCUT2D eigenvalue weighted by Crippen LogP contribution is 2.34. The molecule has 2 aliphatic rings. The van der Waals surface area contributed by atoms with Crippen LogP contribution in [0.2, 0.25) is 0 Å². The molecule has 1 aromatic carbocycles. The fourth-order valence-electron chi connectivity index (χ4n) is 4.05. The molecule has 2 unspecified atom stereocenters. The number of halogens is 3. The standard InChI is InChI=1S/C18H26F3N3/c1-3-24-9-6-16(22-13-4-7-23(2)8-5-13)18(24)12-10-14(19)17(21)15(20)11-12/h10-11,13,16,18,22H,3-9H2,1-2H3. The van der Waals surface area contributed by atoms with Crippen LogP contribution in [0.3, 0.4) is 0 Å². The number of hydrogen-bond acceptors (Lipinski definition) is 3. The molecule has 6 heteroatoms.